The van der Waals surface area contributed by atoms with Crippen LogP contribution in [-0.4, -0.2) is 38.6 Å². The third kappa shape index (κ3) is 8.66. The van der Waals surface area contributed by atoms with Gasteiger partial charge in [0.15, 0.2) is 0 Å². The van der Waals surface area contributed by atoms with Crippen LogP contribution in [0.4, 0.5) is 4.79 Å². The highest BCUT2D eigenvalue weighted by molar-refractivity contribution is 5.84. The molecule has 3 N–H and O–H groups in total. The first kappa shape index (κ1) is 28.8. The van der Waals surface area contributed by atoms with Crippen molar-refractivity contribution in [2.24, 2.45) is 11.8 Å². The average molecular weight is 544 g/mol. The van der Waals surface area contributed by atoms with Gasteiger partial charge in [-0.1, -0.05) is 79.6 Å². The lowest BCUT2D eigenvalue weighted by atomic mass is 9.83. The van der Waals surface area contributed by atoms with Gasteiger partial charge in [0.05, 0.1) is 18.2 Å². The Bertz CT molecular complexity index is 1340. The lowest BCUT2D eigenvalue weighted by molar-refractivity contribution is -0.123. The summed E-state index contributed by atoms with van der Waals surface area (Å²) in [4.78, 5) is 34.3. The fourth-order valence-electron chi connectivity index (χ4n) is 5.22. The Morgan fingerprint density at radius 3 is 2.27 bits per heavy atom. The molecule has 1 heterocycles. The van der Waals surface area contributed by atoms with Crippen LogP contribution >= 0.6 is 0 Å². The smallest absolute Gasteiger partial charge is 0.450 e. The van der Waals surface area contributed by atoms with Crippen LogP contribution in [-0.2, 0) is 11.3 Å². The molecule has 210 valence electrons. The quantitative estimate of drug-likeness (QED) is 0.215. The highest BCUT2D eigenvalue weighted by Gasteiger charge is 2.31. The maximum absolute atomic E-state index is 13.2. The number of carboxylic acid groups (broad SMARTS) is 2. The van der Waals surface area contributed by atoms with Crippen molar-refractivity contribution in [1.82, 2.24) is 15.1 Å². The van der Waals surface area contributed by atoms with Crippen LogP contribution in [0.25, 0.3) is 11.3 Å². The van der Waals surface area contributed by atoms with E-state index in [1.807, 2.05) is 42.5 Å². The number of carbonyl (C=O) groups is 2. The highest BCUT2D eigenvalue weighted by atomic mass is 16.6. The predicted molar refractivity (Wildman–Crippen MR) is 154 cm³/mol. The first-order valence-corrected chi connectivity index (χ1v) is 14.0. The van der Waals surface area contributed by atoms with E-state index in [9.17, 15) is 9.59 Å². The molecule has 1 unspecified atom stereocenters. The molecule has 2 aliphatic carbocycles. The summed E-state index contributed by atoms with van der Waals surface area (Å²) in [6, 6.07) is 21.4. The summed E-state index contributed by atoms with van der Waals surface area (Å²) < 4.78 is 1.51. The lowest BCUT2D eigenvalue weighted by Gasteiger charge is -2.23. The maximum Gasteiger partial charge on any atom is 0.503 e. The molecule has 0 bridgehead atoms. The van der Waals surface area contributed by atoms with Gasteiger partial charge in [-0.25, -0.2) is 9.48 Å². The van der Waals surface area contributed by atoms with Gasteiger partial charge in [0.1, 0.15) is 0 Å². The van der Waals surface area contributed by atoms with E-state index in [1.165, 1.54) is 30.4 Å². The van der Waals surface area contributed by atoms with Crippen molar-refractivity contribution in [3.8, 4) is 11.3 Å². The molecule has 0 aliphatic heterocycles. The van der Waals surface area contributed by atoms with Gasteiger partial charge >= 0.3 is 6.16 Å². The summed E-state index contributed by atoms with van der Waals surface area (Å²) in [5.74, 6) is 1.20. The van der Waals surface area contributed by atoms with Crippen molar-refractivity contribution in [1.29, 1.82) is 0 Å². The van der Waals surface area contributed by atoms with Crippen molar-refractivity contribution in [2.75, 3.05) is 6.54 Å². The Labute approximate surface area is 234 Å². The Kier molecular flexibility index (Phi) is 10.3. The number of allylic oxidation sites excluding steroid dienone is 1. The minimum absolute atomic E-state index is 0.115. The molecule has 2 fully saturated rings. The summed E-state index contributed by atoms with van der Waals surface area (Å²) in [5.41, 5.74) is 3.69. The van der Waals surface area contributed by atoms with Crippen LogP contribution in [0, 0.1) is 11.8 Å². The molecule has 8 nitrogen and oxygen atoms in total. The summed E-state index contributed by atoms with van der Waals surface area (Å²) in [6.07, 6.45) is 10.8. The molecule has 1 atom stereocenters. The van der Waals surface area contributed by atoms with E-state index in [4.69, 9.17) is 15.0 Å². The molecule has 2 aromatic carbocycles. The SMILES string of the molecule is O=C(NCC/C=C/C1CC1)C(c1ccc(Cn2nc(-c3ccccc3)ccc2=O)cc1)C1CCCC1.O=C(O)O. The summed E-state index contributed by atoms with van der Waals surface area (Å²) in [7, 11) is 0. The molecule has 0 saturated heterocycles. The highest BCUT2D eigenvalue weighted by Crippen LogP contribution is 2.37. The predicted octanol–water partition coefficient (Wildman–Crippen LogP) is 5.93. The van der Waals surface area contributed by atoms with E-state index in [0.29, 0.717) is 19.0 Å². The molecule has 1 aromatic heterocycles. The van der Waals surface area contributed by atoms with Crippen molar-refractivity contribution in [2.45, 2.75) is 57.4 Å². The van der Waals surface area contributed by atoms with E-state index < -0.39 is 6.16 Å². The number of aromatic nitrogens is 2. The van der Waals surface area contributed by atoms with Crippen LogP contribution in [0.1, 0.15) is 62.0 Å². The van der Waals surface area contributed by atoms with Gasteiger partial charge in [-0.15, -0.1) is 0 Å². The summed E-state index contributed by atoms with van der Waals surface area (Å²) >= 11 is 0. The third-order valence-corrected chi connectivity index (χ3v) is 7.40. The fraction of sp³-hybridized carbons (Fsp3) is 0.375. The second kappa shape index (κ2) is 14.3. The van der Waals surface area contributed by atoms with E-state index in [0.717, 1.165) is 47.6 Å². The van der Waals surface area contributed by atoms with Gasteiger partial charge in [0, 0.05) is 18.2 Å². The largest absolute Gasteiger partial charge is 0.503 e. The monoisotopic (exact) mass is 543 g/mol. The van der Waals surface area contributed by atoms with Gasteiger partial charge < -0.3 is 15.5 Å². The van der Waals surface area contributed by atoms with Crippen molar-refractivity contribution in [3.63, 3.8) is 0 Å². The molecule has 1 amide bonds. The van der Waals surface area contributed by atoms with Crippen LogP contribution in [0.5, 0.6) is 0 Å². The molecule has 3 aromatic rings. The van der Waals surface area contributed by atoms with Gasteiger partial charge in [-0.05, 0) is 61.1 Å². The Balaban J connectivity index is 0.000000867. The minimum Gasteiger partial charge on any atom is -0.450 e. The normalized spacial score (nSPS) is 15.8. The minimum atomic E-state index is -1.83. The lowest BCUT2D eigenvalue weighted by Crippen LogP contribution is -2.33. The Hall–Kier alpha value is -4.20. The van der Waals surface area contributed by atoms with Crippen molar-refractivity contribution >= 4 is 12.1 Å². The van der Waals surface area contributed by atoms with Crippen LogP contribution in [0.15, 0.2) is 83.7 Å². The number of nitrogens with one attached hydrogen (secondary N) is 1. The number of carbonyl (C=O) groups excluding carboxylic acids is 1. The Morgan fingerprint density at radius 2 is 1.62 bits per heavy atom. The summed E-state index contributed by atoms with van der Waals surface area (Å²) in [6.45, 7) is 1.09. The third-order valence-electron chi connectivity index (χ3n) is 7.40. The van der Waals surface area contributed by atoms with Gasteiger partial charge in [0.2, 0.25) is 5.91 Å². The molecule has 5 rings (SSSR count). The fourth-order valence-corrected chi connectivity index (χ4v) is 5.22. The molecule has 0 spiro atoms. The molecule has 2 saturated carbocycles. The number of rotatable bonds is 10. The second-order valence-electron chi connectivity index (χ2n) is 10.5. The van der Waals surface area contributed by atoms with Gasteiger partial charge in [-0.3, -0.25) is 9.59 Å². The molecule has 8 heteroatoms. The first-order valence-electron chi connectivity index (χ1n) is 14.0. The van der Waals surface area contributed by atoms with Crippen LogP contribution < -0.4 is 10.9 Å². The van der Waals surface area contributed by atoms with E-state index in [2.05, 4.69) is 34.7 Å². The van der Waals surface area contributed by atoms with E-state index in [1.54, 1.807) is 12.1 Å². The number of hydrogen-bond acceptors (Lipinski definition) is 4. The zero-order chi connectivity index (χ0) is 28.3. The number of benzene rings is 2. The zero-order valence-corrected chi connectivity index (χ0v) is 22.6. The van der Waals surface area contributed by atoms with E-state index in [-0.39, 0.29) is 17.4 Å². The summed E-state index contributed by atoms with van der Waals surface area (Å²) in [5, 5.41) is 21.7. The number of amides is 1. The second-order valence-corrected chi connectivity index (χ2v) is 10.5. The maximum atomic E-state index is 13.2. The van der Waals surface area contributed by atoms with Crippen LogP contribution in [0.3, 0.4) is 0 Å². The van der Waals surface area contributed by atoms with Crippen LogP contribution in [0.2, 0.25) is 0 Å². The van der Waals surface area contributed by atoms with Crippen molar-refractivity contribution < 1.29 is 19.8 Å². The first-order chi connectivity index (χ1) is 19.4. The zero-order valence-electron chi connectivity index (χ0n) is 22.6. The van der Waals surface area contributed by atoms with E-state index >= 15 is 0 Å². The molecule has 0 radical (unpaired) electrons. The number of hydrogen-bond donors (Lipinski definition) is 3. The molecule has 40 heavy (non-hydrogen) atoms. The standard InChI is InChI=1S/C31H35N3O2.CH2O3/c35-29-20-19-28(25-9-2-1-3-10-25)33-34(29)22-24-15-17-27(18-16-24)30(26-11-4-5-12-26)31(36)32-21-7-6-8-23-13-14-23;2-1(3)4/h1-3,6,8-10,15-20,23,26,30H,4-5,7,11-14,21-22H2,(H,32,36);(H2,2,3,4)/b8-6+;. The van der Waals surface area contributed by atoms with Crippen molar-refractivity contribution in [3.05, 3.63) is 100 Å². The van der Waals surface area contributed by atoms with Gasteiger partial charge in [0.25, 0.3) is 5.56 Å². The molecular weight excluding hydrogens is 506 g/mol. The Morgan fingerprint density at radius 1 is 0.950 bits per heavy atom. The molecule has 2 aliphatic rings. The van der Waals surface area contributed by atoms with Gasteiger partial charge in [-0.2, -0.15) is 5.10 Å². The topological polar surface area (TPSA) is 122 Å². The number of nitrogens with zero attached hydrogens (tertiary/aromatic N) is 2. The average Bonchev–Trinajstić information content (AvgIpc) is 3.62. The molecular formula is C32H37N3O5.